The molecule has 0 radical (unpaired) electrons. The van der Waals surface area contributed by atoms with Gasteiger partial charge in [0.25, 0.3) is 0 Å². The zero-order chi connectivity index (χ0) is 12.0. The van der Waals surface area contributed by atoms with Gasteiger partial charge in [0.1, 0.15) is 5.75 Å². The summed E-state index contributed by atoms with van der Waals surface area (Å²) in [5.41, 5.74) is 1.46. The fourth-order valence-corrected chi connectivity index (χ4v) is 1.53. The van der Waals surface area contributed by atoms with E-state index in [1.807, 2.05) is 0 Å². The number of alkyl halides is 1. The molecule has 0 fully saturated rings. The Morgan fingerprint density at radius 3 is 2.81 bits per heavy atom. The first-order valence-electron chi connectivity index (χ1n) is 5.29. The number of nitrogens with one attached hydrogen (secondary N) is 1. The molecule has 2 N–H and O–H groups in total. The predicted octanol–water partition coefficient (Wildman–Crippen LogP) is 3.05. The molecular formula is C12H16ClNO2. The van der Waals surface area contributed by atoms with Crippen LogP contribution >= 0.6 is 11.6 Å². The Morgan fingerprint density at radius 2 is 2.19 bits per heavy atom. The summed E-state index contributed by atoms with van der Waals surface area (Å²) >= 11 is 5.52. The molecule has 0 bridgehead atoms. The van der Waals surface area contributed by atoms with E-state index < -0.39 is 0 Å². The molecule has 0 saturated carbocycles. The molecule has 0 aliphatic heterocycles. The van der Waals surface area contributed by atoms with Crippen molar-refractivity contribution in [2.75, 3.05) is 11.2 Å². The maximum absolute atomic E-state index is 11.5. The molecule has 0 aliphatic rings. The average molecular weight is 242 g/mol. The number of hydrogen-bond acceptors (Lipinski definition) is 2. The molecule has 1 aromatic rings. The molecule has 0 unspecified atom stereocenters. The van der Waals surface area contributed by atoms with Crippen molar-refractivity contribution in [3.63, 3.8) is 0 Å². The van der Waals surface area contributed by atoms with Crippen LogP contribution in [0.5, 0.6) is 5.75 Å². The van der Waals surface area contributed by atoms with Crippen LogP contribution in [0.25, 0.3) is 0 Å². The molecule has 16 heavy (non-hydrogen) atoms. The lowest BCUT2D eigenvalue weighted by Gasteiger charge is -2.06. The zero-order valence-corrected chi connectivity index (χ0v) is 10.0. The topological polar surface area (TPSA) is 49.3 Å². The number of benzene rings is 1. The molecule has 0 aliphatic carbocycles. The fourth-order valence-electron chi connectivity index (χ4n) is 1.34. The average Bonchev–Trinajstić information content (AvgIpc) is 2.24. The van der Waals surface area contributed by atoms with Gasteiger partial charge in [-0.25, -0.2) is 0 Å². The van der Waals surface area contributed by atoms with Gasteiger partial charge in [-0.2, -0.15) is 0 Å². The lowest BCUT2D eigenvalue weighted by molar-refractivity contribution is -0.116. The van der Waals surface area contributed by atoms with Crippen LogP contribution in [-0.4, -0.2) is 16.9 Å². The summed E-state index contributed by atoms with van der Waals surface area (Å²) in [7, 11) is 0. The number of phenolic OH excluding ortho intramolecular Hbond substituents is 1. The van der Waals surface area contributed by atoms with E-state index in [0.717, 1.165) is 18.4 Å². The van der Waals surface area contributed by atoms with E-state index in [-0.39, 0.29) is 11.7 Å². The fraction of sp³-hybridized carbons (Fsp3) is 0.417. The van der Waals surface area contributed by atoms with Gasteiger partial charge in [-0.1, -0.05) is 0 Å². The van der Waals surface area contributed by atoms with Crippen molar-refractivity contribution in [3.05, 3.63) is 23.8 Å². The second-order valence-electron chi connectivity index (χ2n) is 3.70. The highest BCUT2D eigenvalue weighted by molar-refractivity contribution is 6.17. The van der Waals surface area contributed by atoms with Gasteiger partial charge < -0.3 is 10.4 Å². The number of carbonyl (C=O) groups is 1. The van der Waals surface area contributed by atoms with Crippen molar-refractivity contribution in [1.82, 2.24) is 0 Å². The Hall–Kier alpha value is -1.22. The normalized spacial score (nSPS) is 10.1. The van der Waals surface area contributed by atoms with Gasteiger partial charge in [0.05, 0.1) is 0 Å². The maximum Gasteiger partial charge on any atom is 0.224 e. The molecule has 88 valence electrons. The summed E-state index contributed by atoms with van der Waals surface area (Å²) in [5.74, 6) is 0.807. The first kappa shape index (κ1) is 12.8. The number of hydrogen-bond donors (Lipinski definition) is 2. The van der Waals surface area contributed by atoms with Gasteiger partial charge in [-0.3, -0.25) is 4.79 Å². The smallest absolute Gasteiger partial charge is 0.224 e. The van der Waals surface area contributed by atoms with Gasteiger partial charge >= 0.3 is 0 Å². The Balaban J connectivity index is 2.46. The van der Waals surface area contributed by atoms with Gasteiger partial charge in [0.2, 0.25) is 5.91 Å². The molecule has 0 aromatic heterocycles. The zero-order valence-electron chi connectivity index (χ0n) is 9.29. The molecule has 4 heteroatoms. The highest BCUT2D eigenvalue weighted by Crippen LogP contribution is 2.20. The number of unbranched alkanes of at least 4 members (excludes halogenated alkanes) is 1. The van der Waals surface area contributed by atoms with Crippen LogP contribution in [0.2, 0.25) is 0 Å². The molecule has 3 nitrogen and oxygen atoms in total. The molecule has 1 rings (SSSR count). The van der Waals surface area contributed by atoms with Crippen LogP contribution in [0.1, 0.15) is 24.8 Å². The summed E-state index contributed by atoms with van der Waals surface area (Å²) in [4.78, 5) is 11.5. The minimum atomic E-state index is -0.0183. The third-order valence-electron chi connectivity index (χ3n) is 2.27. The predicted molar refractivity (Wildman–Crippen MR) is 66.0 cm³/mol. The van der Waals surface area contributed by atoms with Crippen molar-refractivity contribution >= 4 is 23.2 Å². The maximum atomic E-state index is 11.5. The minimum absolute atomic E-state index is 0.0183. The molecular weight excluding hydrogens is 226 g/mol. The van der Waals surface area contributed by atoms with Crippen molar-refractivity contribution in [2.45, 2.75) is 26.2 Å². The molecule has 1 aromatic carbocycles. The Kier molecular flexibility index (Phi) is 5.12. The Bertz CT molecular complexity index is 366. The Labute approximate surface area is 100 Å². The second-order valence-corrected chi connectivity index (χ2v) is 4.07. The van der Waals surface area contributed by atoms with E-state index in [1.165, 1.54) is 0 Å². The van der Waals surface area contributed by atoms with Gasteiger partial charge in [-0.15, -0.1) is 11.6 Å². The van der Waals surface area contributed by atoms with E-state index in [0.29, 0.717) is 18.0 Å². The summed E-state index contributed by atoms with van der Waals surface area (Å²) < 4.78 is 0. The van der Waals surface area contributed by atoms with Crippen LogP contribution in [-0.2, 0) is 4.79 Å². The molecule has 0 atom stereocenters. The van der Waals surface area contributed by atoms with E-state index >= 15 is 0 Å². The summed E-state index contributed by atoms with van der Waals surface area (Å²) in [6.45, 7) is 1.79. The van der Waals surface area contributed by atoms with Crippen molar-refractivity contribution in [3.8, 4) is 5.75 Å². The number of aromatic hydroxyl groups is 1. The van der Waals surface area contributed by atoms with Gasteiger partial charge in [0.15, 0.2) is 0 Å². The molecule has 0 heterocycles. The third-order valence-corrected chi connectivity index (χ3v) is 2.54. The third kappa shape index (κ3) is 4.11. The lowest BCUT2D eigenvalue weighted by Crippen LogP contribution is -2.11. The van der Waals surface area contributed by atoms with Crippen LogP contribution < -0.4 is 5.32 Å². The second kappa shape index (κ2) is 6.38. The van der Waals surface area contributed by atoms with Crippen LogP contribution in [0, 0.1) is 6.92 Å². The van der Waals surface area contributed by atoms with Gasteiger partial charge in [-0.05, 0) is 43.5 Å². The quantitative estimate of drug-likeness (QED) is 0.473. The van der Waals surface area contributed by atoms with E-state index in [1.54, 1.807) is 25.1 Å². The highest BCUT2D eigenvalue weighted by atomic mass is 35.5. The first-order chi connectivity index (χ1) is 7.63. The molecule has 0 spiro atoms. The number of rotatable bonds is 5. The Morgan fingerprint density at radius 1 is 1.44 bits per heavy atom. The van der Waals surface area contributed by atoms with E-state index in [4.69, 9.17) is 11.6 Å². The van der Waals surface area contributed by atoms with Crippen molar-refractivity contribution in [2.24, 2.45) is 0 Å². The number of amides is 1. The monoisotopic (exact) mass is 241 g/mol. The number of anilines is 1. The van der Waals surface area contributed by atoms with E-state index in [2.05, 4.69) is 5.32 Å². The van der Waals surface area contributed by atoms with E-state index in [9.17, 15) is 9.90 Å². The largest absolute Gasteiger partial charge is 0.508 e. The lowest BCUT2D eigenvalue weighted by atomic mass is 10.2. The number of aryl methyl sites for hydroxylation is 1. The number of carbonyl (C=O) groups excluding carboxylic acids is 1. The van der Waals surface area contributed by atoms with Crippen LogP contribution in [0.4, 0.5) is 5.69 Å². The van der Waals surface area contributed by atoms with Crippen LogP contribution in [0.15, 0.2) is 18.2 Å². The summed E-state index contributed by atoms with van der Waals surface area (Å²) in [6, 6.07) is 5.00. The highest BCUT2D eigenvalue weighted by Gasteiger charge is 2.03. The first-order valence-corrected chi connectivity index (χ1v) is 5.82. The van der Waals surface area contributed by atoms with Crippen molar-refractivity contribution < 1.29 is 9.90 Å². The van der Waals surface area contributed by atoms with Crippen LogP contribution in [0.3, 0.4) is 0 Å². The SMILES string of the molecule is Cc1cc(NC(=O)CCCCCl)ccc1O. The number of phenols is 1. The number of halogens is 1. The van der Waals surface area contributed by atoms with Crippen molar-refractivity contribution in [1.29, 1.82) is 0 Å². The summed E-state index contributed by atoms with van der Waals surface area (Å²) in [5, 5.41) is 12.1. The van der Waals surface area contributed by atoms with Gasteiger partial charge in [0, 0.05) is 18.0 Å². The molecule has 0 saturated heterocycles. The standard InChI is InChI=1S/C12H16ClNO2/c1-9-8-10(5-6-11(9)15)14-12(16)4-2-3-7-13/h5-6,8,15H,2-4,7H2,1H3,(H,14,16). The summed E-state index contributed by atoms with van der Waals surface area (Å²) in [6.07, 6.45) is 2.13. The minimum Gasteiger partial charge on any atom is -0.508 e. The molecule has 1 amide bonds.